The van der Waals surface area contributed by atoms with E-state index in [1.54, 1.807) is 20.3 Å². The van der Waals surface area contributed by atoms with Gasteiger partial charge in [0.05, 0.1) is 27.2 Å². The number of dihydropyridines is 1. The molecular weight excluding hydrogens is 432 g/mol. The van der Waals surface area contributed by atoms with Crippen LogP contribution in [0.3, 0.4) is 0 Å². The lowest BCUT2D eigenvalue weighted by molar-refractivity contribution is -0.116. The number of ketones is 1. The van der Waals surface area contributed by atoms with Crippen molar-refractivity contribution in [2.75, 3.05) is 26.6 Å². The number of methoxy groups -OCH3 is 3. The molecule has 0 radical (unpaired) electrons. The third-order valence-corrected chi connectivity index (χ3v) is 6.46. The predicted molar refractivity (Wildman–Crippen MR) is 130 cm³/mol. The lowest BCUT2D eigenvalue weighted by Crippen LogP contribution is -2.35. The van der Waals surface area contributed by atoms with Gasteiger partial charge in [0, 0.05) is 40.2 Å². The van der Waals surface area contributed by atoms with E-state index in [0.717, 1.165) is 29.8 Å². The maximum absolute atomic E-state index is 13.7. The summed E-state index contributed by atoms with van der Waals surface area (Å²) in [5.74, 6) is 0.515. The summed E-state index contributed by atoms with van der Waals surface area (Å²) in [6.45, 7) is 3.81. The number of rotatable bonds is 6. The average molecular weight is 463 g/mol. The summed E-state index contributed by atoms with van der Waals surface area (Å²) in [5.41, 5.74) is 5.01. The summed E-state index contributed by atoms with van der Waals surface area (Å²) < 4.78 is 16.8. The Morgan fingerprint density at radius 1 is 0.971 bits per heavy atom. The molecule has 2 aromatic carbocycles. The van der Waals surface area contributed by atoms with E-state index in [4.69, 9.17) is 14.2 Å². The van der Waals surface area contributed by atoms with Crippen molar-refractivity contribution in [1.29, 1.82) is 0 Å². The van der Waals surface area contributed by atoms with E-state index in [2.05, 4.69) is 10.6 Å². The Hall–Kier alpha value is -3.74. The zero-order valence-electron chi connectivity index (χ0n) is 20.2. The van der Waals surface area contributed by atoms with Crippen LogP contribution in [0, 0.1) is 6.92 Å². The molecule has 0 bridgehead atoms. The maximum Gasteiger partial charge on any atom is 0.254 e. The van der Waals surface area contributed by atoms with E-state index < -0.39 is 5.92 Å². The smallest absolute Gasteiger partial charge is 0.254 e. The molecule has 0 spiro atoms. The van der Waals surface area contributed by atoms with Crippen LogP contribution in [-0.2, 0) is 9.59 Å². The number of hydrogen-bond donors (Lipinski definition) is 2. The number of aryl methyl sites for hydroxylation is 1. The quantitative estimate of drug-likeness (QED) is 0.651. The molecule has 178 valence electrons. The monoisotopic (exact) mass is 462 g/mol. The molecule has 0 saturated heterocycles. The highest BCUT2D eigenvalue weighted by Crippen LogP contribution is 2.50. The number of amides is 1. The number of carbonyl (C=O) groups is 2. The van der Waals surface area contributed by atoms with Gasteiger partial charge in [0.2, 0.25) is 5.75 Å². The first-order valence-corrected chi connectivity index (χ1v) is 11.3. The Labute approximate surface area is 199 Å². The van der Waals surface area contributed by atoms with Gasteiger partial charge in [-0.25, -0.2) is 0 Å². The topological polar surface area (TPSA) is 85.9 Å². The number of ether oxygens (including phenoxy) is 3. The highest BCUT2D eigenvalue weighted by molar-refractivity contribution is 6.10. The van der Waals surface area contributed by atoms with Crippen LogP contribution >= 0.6 is 0 Å². The number of para-hydroxylation sites is 1. The van der Waals surface area contributed by atoms with Gasteiger partial charge in [-0.2, -0.15) is 0 Å². The Morgan fingerprint density at radius 3 is 2.38 bits per heavy atom. The van der Waals surface area contributed by atoms with Crippen molar-refractivity contribution in [1.82, 2.24) is 5.32 Å². The van der Waals surface area contributed by atoms with Crippen LogP contribution in [0.4, 0.5) is 5.69 Å². The van der Waals surface area contributed by atoms with Crippen LogP contribution in [-0.4, -0.2) is 33.0 Å². The van der Waals surface area contributed by atoms with Gasteiger partial charge in [0.1, 0.15) is 0 Å². The van der Waals surface area contributed by atoms with Crippen LogP contribution in [0.25, 0.3) is 0 Å². The average Bonchev–Trinajstić information content (AvgIpc) is 2.83. The number of allylic oxidation sites excluding steroid dienone is 3. The van der Waals surface area contributed by atoms with Gasteiger partial charge in [-0.1, -0.05) is 24.3 Å². The first kappa shape index (κ1) is 23.4. The Balaban J connectivity index is 1.90. The lowest BCUT2D eigenvalue weighted by Gasteiger charge is -2.35. The number of nitrogens with one attached hydrogen (secondary N) is 2. The van der Waals surface area contributed by atoms with Crippen LogP contribution in [0.2, 0.25) is 0 Å². The number of anilines is 1. The molecule has 4 rings (SSSR count). The normalized spacial score (nSPS) is 17.7. The Bertz CT molecular complexity index is 1210. The summed E-state index contributed by atoms with van der Waals surface area (Å²) in [6.07, 6.45) is 1.97. The third kappa shape index (κ3) is 4.02. The summed E-state index contributed by atoms with van der Waals surface area (Å²) in [7, 11) is 4.64. The van der Waals surface area contributed by atoms with Crippen molar-refractivity contribution in [2.24, 2.45) is 0 Å². The van der Waals surface area contributed by atoms with Crippen molar-refractivity contribution in [3.63, 3.8) is 0 Å². The second-order valence-corrected chi connectivity index (χ2v) is 8.46. The molecule has 0 aromatic heterocycles. The van der Waals surface area contributed by atoms with Gasteiger partial charge in [-0.05, 0) is 44.4 Å². The lowest BCUT2D eigenvalue weighted by atomic mass is 9.74. The molecule has 0 unspecified atom stereocenters. The van der Waals surface area contributed by atoms with Gasteiger partial charge in [0.25, 0.3) is 5.91 Å². The molecule has 0 fully saturated rings. The second kappa shape index (κ2) is 9.63. The summed E-state index contributed by atoms with van der Waals surface area (Å²) >= 11 is 0. The highest BCUT2D eigenvalue weighted by Gasteiger charge is 2.40. The number of benzene rings is 2. The molecule has 2 N–H and O–H groups in total. The fraction of sp³-hybridized carbons (Fsp3) is 0.333. The van der Waals surface area contributed by atoms with Crippen LogP contribution in [0.15, 0.2) is 58.9 Å². The Morgan fingerprint density at radius 2 is 1.71 bits per heavy atom. The van der Waals surface area contributed by atoms with Crippen LogP contribution in [0.1, 0.15) is 43.2 Å². The number of hydrogen-bond acceptors (Lipinski definition) is 6. The molecule has 0 saturated carbocycles. The zero-order chi connectivity index (χ0) is 24.4. The largest absolute Gasteiger partial charge is 0.493 e. The van der Waals surface area contributed by atoms with Crippen molar-refractivity contribution in [2.45, 2.75) is 39.0 Å². The summed E-state index contributed by atoms with van der Waals surface area (Å²) in [5, 5.41) is 6.39. The summed E-state index contributed by atoms with van der Waals surface area (Å²) in [4.78, 5) is 27.0. The van der Waals surface area contributed by atoms with Gasteiger partial charge in [-0.3, -0.25) is 9.59 Å². The number of Topliss-reactive ketones (excluding diaryl/α,β-unsaturated/α-hetero) is 1. The fourth-order valence-corrected chi connectivity index (χ4v) is 4.85. The van der Waals surface area contributed by atoms with Gasteiger partial charge in [0.15, 0.2) is 17.3 Å². The SMILES string of the molecule is COc1ccc([C@H]2C(C(=O)Nc3ccccc3C)=C(C)NC3=C2C(=O)CCC3)c(OC)c1OC. The molecule has 7 nitrogen and oxygen atoms in total. The van der Waals surface area contributed by atoms with E-state index in [0.29, 0.717) is 46.1 Å². The highest BCUT2D eigenvalue weighted by atomic mass is 16.5. The minimum atomic E-state index is -0.608. The minimum absolute atomic E-state index is 0.0317. The first-order chi connectivity index (χ1) is 16.4. The Kier molecular flexibility index (Phi) is 6.63. The maximum atomic E-state index is 13.7. The van der Waals surface area contributed by atoms with E-state index in [1.807, 2.05) is 44.2 Å². The van der Waals surface area contributed by atoms with E-state index in [9.17, 15) is 9.59 Å². The predicted octanol–water partition coefficient (Wildman–Crippen LogP) is 4.63. The van der Waals surface area contributed by atoms with Crippen molar-refractivity contribution in [3.8, 4) is 17.2 Å². The van der Waals surface area contributed by atoms with Gasteiger partial charge >= 0.3 is 0 Å². The van der Waals surface area contributed by atoms with Crippen LogP contribution < -0.4 is 24.8 Å². The van der Waals surface area contributed by atoms with Gasteiger partial charge in [-0.15, -0.1) is 0 Å². The third-order valence-electron chi connectivity index (χ3n) is 6.46. The number of carbonyl (C=O) groups excluding carboxylic acids is 2. The molecule has 1 atom stereocenters. The summed E-state index contributed by atoms with van der Waals surface area (Å²) in [6, 6.07) is 11.2. The van der Waals surface area contributed by atoms with E-state index in [-0.39, 0.29) is 11.7 Å². The minimum Gasteiger partial charge on any atom is -0.493 e. The van der Waals surface area contributed by atoms with Gasteiger partial charge < -0.3 is 24.8 Å². The second-order valence-electron chi connectivity index (χ2n) is 8.46. The van der Waals surface area contributed by atoms with Crippen molar-refractivity contribution >= 4 is 17.4 Å². The molecule has 7 heteroatoms. The molecule has 2 aliphatic rings. The molecule has 34 heavy (non-hydrogen) atoms. The molecule has 1 aliphatic heterocycles. The van der Waals surface area contributed by atoms with Crippen molar-refractivity contribution in [3.05, 3.63) is 70.1 Å². The molecule has 1 aliphatic carbocycles. The van der Waals surface area contributed by atoms with Crippen molar-refractivity contribution < 1.29 is 23.8 Å². The first-order valence-electron chi connectivity index (χ1n) is 11.3. The fourth-order valence-electron chi connectivity index (χ4n) is 4.85. The molecule has 1 amide bonds. The zero-order valence-corrected chi connectivity index (χ0v) is 20.2. The molecule has 1 heterocycles. The van der Waals surface area contributed by atoms with E-state index >= 15 is 0 Å². The molecular formula is C27H30N2O5. The molecule has 2 aromatic rings. The van der Waals surface area contributed by atoms with E-state index in [1.165, 1.54) is 7.11 Å². The standard InChI is InChI=1S/C27H30N2O5/c1-15-9-6-7-10-18(15)29-27(31)22-16(2)28-19-11-8-12-20(30)24(19)23(22)17-13-14-21(32-3)26(34-5)25(17)33-4/h6-7,9-10,13-14,23,28H,8,11-12H2,1-5H3,(H,29,31)/t23-/m0/s1. The van der Waals surface area contributed by atoms with Crippen LogP contribution in [0.5, 0.6) is 17.2 Å².